The van der Waals surface area contributed by atoms with E-state index in [9.17, 15) is 10.2 Å². The maximum atomic E-state index is 9.43. The first kappa shape index (κ1) is 14.1. The molecule has 1 aromatic carbocycles. The van der Waals surface area contributed by atoms with E-state index in [1.807, 2.05) is 24.3 Å². The molecule has 1 radical (unpaired) electrons. The minimum Gasteiger partial charge on any atom is -0.613 e. The van der Waals surface area contributed by atoms with Gasteiger partial charge in [0.2, 0.25) is 0 Å². The van der Waals surface area contributed by atoms with Gasteiger partial charge in [-0.2, -0.15) is 7.05 Å². The van der Waals surface area contributed by atoms with Crippen LogP contribution in [0.3, 0.4) is 0 Å². The van der Waals surface area contributed by atoms with Gasteiger partial charge in [0.1, 0.15) is 0 Å². The molecular formula is C11H13N2O2Pr-. The van der Waals surface area contributed by atoms with Crippen LogP contribution >= 0.6 is 0 Å². The normalized spacial score (nSPS) is 11.4. The van der Waals surface area contributed by atoms with Crippen LogP contribution in [0.1, 0.15) is 5.56 Å². The quantitative estimate of drug-likeness (QED) is 0.735. The molecule has 0 aliphatic rings. The van der Waals surface area contributed by atoms with Crippen LogP contribution in [0.4, 0.5) is 0 Å². The maximum Gasteiger partial charge on any atom is 0.0804 e. The molecule has 1 heterocycles. The molecule has 0 amide bonds. The number of aliphatic hydroxyl groups is 2. The van der Waals surface area contributed by atoms with E-state index in [4.69, 9.17) is 0 Å². The monoisotopic (exact) mass is 346 g/mol. The first-order valence-corrected chi connectivity index (χ1v) is 4.73. The van der Waals surface area contributed by atoms with E-state index in [-0.39, 0.29) is 47.7 Å². The summed E-state index contributed by atoms with van der Waals surface area (Å²) in [5.41, 5.74) is 1.83. The Morgan fingerprint density at radius 1 is 1.31 bits per heavy atom. The minimum atomic E-state index is -1.98. The number of hydrogen-bond donors (Lipinski definition) is 3. The molecule has 5 heteroatoms. The molecule has 0 saturated carbocycles. The van der Waals surface area contributed by atoms with Gasteiger partial charge in [0.25, 0.3) is 0 Å². The van der Waals surface area contributed by atoms with E-state index in [2.05, 4.69) is 10.3 Å². The number of rotatable bonds is 3. The molecule has 0 aliphatic heterocycles. The Bertz CT molecular complexity index is 468. The summed E-state index contributed by atoms with van der Waals surface area (Å²) in [6, 6.07) is 7.72. The largest absolute Gasteiger partial charge is 0.613 e. The number of para-hydroxylation sites is 1. The van der Waals surface area contributed by atoms with Crippen molar-refractivity contribution in [2.75, 3.05) is 7.05 Å². The van der Waals surface area contributed by atoms with Crippen LogP contribution < -0.4 is 0 Å². The molecule has 16 heavy (non-hydrogen) atoms. The zero-order valence-electron chi connectivity index (χ0n) is 9.01. The fourth-order valence-corrected chi connectivity index (χ4v) is 1.61. The van der Waals surface area contributed by atoms with Gasteiger partial charge in [0.15, 0.2) is 0 Å². The standard InChI is InChI=1S/C11H13N2O2.Pr/c1-12-11(14,15)6-8-7-13-10-5-3-2-4-9(8)10;/h2-5,7,13-15H,6H2,1H3;/q-1;. The molecule has 0 unspecified atom stereocenters. The Hall–Kier alpha value is 0.00364. The SMILES string of the molecule is C[N-]C(O)(O)Cc1c[nH]c2ccccc12.[Pr]. The average Bonchev–Trinajstić information content (AvgIpc) is 2.62. The summed E-state index contributed by atoms with van der Waals surface area (Å²) in [7, 11) is 1.38. The van der Waals surface area contributed by atoms with Crippen molar-refractivity contribution >= 4 is 10.9 Å². The van der Waals surface area contributed by atoms with Crippen molar-refractivity contribution in [1.82, 2.24) is 4.98 Å². The second-order valence-electron chi connectivity index (χ2n) is 3.53. The number of likely N-dealkylation sites (N-methyl/N-ethyl adjacent to an activating group) is 1. The van der Waals surface area contributed by atoms with Crippen LogP contribution in [0.25, 0.3) is 16.2 Å². The smallest absolute Gasteiger partial charge is 0.0804 e. The molecule has 0 bridgehead atoms. The van der Waals surface area contributed by atoms with E-state index in [1.165, 1.54) is 7.05 Å². The predicted molar refractivity (Wildman–Crippen MR) is 58.5 cm³/mol. The Morgan fingerprint density at radius 3 is 2.69 bits per heavy atom. The fraction of sp³-hybridized carbons (Fsp3) is 0.273. The summed E-state index contributed by atoms with van der Waals surface area (Å²) in [4.78, 5) is 3.07. The summed E-state index contributed by atoms with van der Waals surface area (Å²) >= 11 is 0. The van der Waals surface area contributed by atoms with E-state index >= 15 is 0 Å². The summed E-state index contributed by atoms with van der Waals surface area (Å²) < 4.78 is 0. The van der Waals surface area contributed by atoms with Crippen molar-refractivity contribution < 1.29 is 51.5 Å². The molecule has 1 aromatic heterocycles. The Kier molecular flexibility index (Phi) is 4.89. The number of aromatic nitrogens is 1. The number of H-pyrrole nitrogens is 1. The molecule has 0 atom stereocenters. The zero-order chi connectivity index (χ0) is 10.9. The third-order valence-corrected chi connectivity index (χ3v) is 2.46. The van der Waals surface area contributed by atoms with Crippen LogP contribution in [-0.2, 0) is 6.42 Å². The van der Waals surface area contributed by atoms with E-state index in [0.717, 1.165) is 16.5 Å². The Balaban J connectivity index is 0.00000128. The van der Waals surface area contributed by atoms with Gasteiger partial charge in [0, 0.05) is 64.8 Å². The van der Waals surface area contributed by atoms with Crippen LogP contribution in [0, 0.1) is 41.3 Å². The third-order valence-electron chi connectivity index (χ3n) is 2.46. The number of fused-ring (bicyclic) bond motifs is 1. The summed E-state index contributed by atoms with van der Waals surface area (Å²) in [5, 5.41) is 23.4. The summed E-state index contributed by atoms with van der Waals surface area (Å²) in [6.45, 7) is 0. The van der Waals surface area contributed by atoms with Gasteiger partial charge in [-0.25, -0.2) is 0 Å². The first-order chi connectivity index (χ1) is 7.12. The predicted octanol–water partition coefficient (Wildman–Crippen LogP) is 1.35. The zero-order valence-corrected chi connectivity index (χ0v) is 12.7. The van der Waals surface area contributed by atoms with Crippen molar-refractivity contribution in [1.29, 1.82) is 0 Å². The minimum absolute atomic E-state index is 0. The van der Waals surface area contributed by atoms with Gasteiger partial charge in [-0.05, 0) is 11.6 Å². The molecule has 0 saturated heterocycles. The van der Waals surface area contributed by atoms with Gasteiger partial charge in [-0.1, -0.05) is 18.2 Å². The van der Waals surface area contributed by atoms with Crippen molar-refractivity contribution in [2.45, 2.75) is 12.3 Å². The maximum absolute atomic E-state index is 9.43. The molecule has 3 N–H and O–H groups in total. The number of aromatic amines is 1. The number of nitrogens with zero attached hydrogens (tertiary/aromatic N) is 1. The van der Waals surface area contributed by atoms with E-state index in [0.29, 0.717) is 0 Å². The van der Waals surface area contributed by atoms with Gasteiger partial charge in [-0.15, -0.1) is 0 Å². The third kappa shape index (κ3) is 3.02. The second kappa shape index (κ2) is 5.56. The molecule has 2 rings (SSSR count). The Morgan fingerprint density at radius 2 is 2.00 bits per heavy atom. The molecule has 0 spiro atoms. The van der Waals surface area contributed by atoms with Crippen LogP contribution in [0.15, 0.2) is 30.5 Å². The molecule has 4 nitrogen and oxygen atoms in total. The van der Waals surface area contributed by atoms with Crippen molar-refractivity contribution in [3.8, 4) is 0 Å². The van der Waals surface area contributed by atoms with Crippen LogP contribution in [0.2, 0.25) is 0 Å². The molecule has 83 valence electrons. The van der Waals surface area contributed by atoms with Gasteiger partial charge in [-0.3, -0.25) is 0 Å². The molecule has 0 aliphatic carbocycles. The van der Waals surface area contributed by atoms with Gasteiger partial charge in [0.05, 0.1) is 5.91 Å². The summed E-state index contributed by atoms with van der Waals surface area (Å²) in [5.74, 6) is -1.98. The van der Waals surface area contributed by atoms with Crippen LogP contribution in [-0.4, -0.2) is 28.2 Å². The van der Waals surface area contributed by atoms with E-state index in [1.54, 1.807) is 6.20 Å². The van der Waals surface area contributed by atoms with Gasteiger partial charge < -0.3 is 20.5 Å². The Labute approximate surface area is 127 Å². The van der Waals surface area contributed by atoms with Crippen LogP contribution in [0.5, 0.6) is 0 Å². The number of hydrogen-bond acceptors (Lipinski definition) is 2. The average molecular weight is 346 g/mol. The summed E-state index contributed by atoms with van der Waals surface area (Å²) in [6.07, 6.45) is 1.87. The molecule has 2 aromatic rings. The second-order valence-corrected chi connectivity index (χ2v) is 3.53. The van der Waals surface area contributed by atoms with Crippen molar-refractivity contribution in [3.05, 3.63) is 41.3 Å². The number of benzene rings is 1. The topological polar surface area (TPSA) is 70.3 Å². The van der Waals surface area contributed by atoms with Crippen molar-refractivity contribution in [3.63, 3.8) is 0 Å². The van der Waals surface area contributed by atoms with E-state index < -0.39 is 5.91 Å². The fourth-order valence-electron chi connectivity index (χ4n) is 1.61. The molecule has 0 fully saturated rings. The molecular weight excluding hydrogens is 333 g/mol. The van der Waals surface area contributed by atoms with Crippen molar-refractivity contribution in [2.24, 2.45) is 0 Å². The number of nitrogens with one attached hydrogen (secondary N) is 1. The first-order valence-electron chi connectivity index (χ1n) is 4.73. The van der Waals surface area contributed by atoms with Gasteiger partial charge >= 0.3 is 0 Å².